The molecule has 0 saturated carbocycles. The summed E-state index contributed by atoms with van der Waals surface area (Å²) < 4.78 is 0. The van der Waals surface area contributed by atoms with Gasteiger partial charge in [-0.1, -0.05) is 13.8 Å². The molecule has 0 aliphatic rings. The maximum atomic E-state index is 12.2. The molecule has 120 valence electrons. The van der Waals surface area contributed by atoms with Crippen molar-refractivity contribution in [2.24, 2.45) is 11.7 Å². The van der Waals surface area contributed by atoms with Gasteiger partial charge in [0, 0.05) is 14.1 Å². The number of primary amides is 1. The Labute approximate surface area is 123 Å². The van der Waals surface area contributed by atoms with Crippen molar-refractivity contribution in [3.63, 3.8) is 0 Å². The topological polar surface area (TPSA) is 125 Å². The van der Waals surface area contributed by atoms with Crippen molar-refractivity contribution in [3.8, 4) is 0 Å². The van der Waals surface area contributed by atoms with Gasteiger partial charge in [0.15, 0.2) is 0 Å². The predicted molar refractivity (Wildman–Crippen MR) is 75.4 cm³/mol. The zero-order chi connectivity index (χ0) is 16.6. The number of carbonyl (C=O) groups excluding carboxylic acids is 4. The van der Waals surface area contributed by atoms with Crippen molar-refractivity contribution in [3.05, 3.63) is 0 Å². The highest BCUT2D eigenvalue weighted by atomic mass is 16.2. The lowest BCUT2D eigenvalue weighted by Gasteiger charge is -2.37. The summed E-state index contributed by atoms with van der Waals surface area (Å²) in [6, 6.07) is -0.819. The minimum absolute atomic E-state index is 0.208. The molecule has 0 spiro atoms. The maximum absolute atomic E-state index is 12.2. The van der Waals surface area contributed by atoms with Crippen molar-refractivity contribution in [1.29, 1.82) is 0 Å². The molecule has 0 aromatic rings. The highest BCUT2D eigenvalue weighted by molar-refractivity contribution is 5.90. The lowest BCUT2D eigenvalue weighted by molar-refractivity contribution is -0.158. The lowest BCUT2D eigenvalue weighted by Crippen LogP contribution is -2.59. The van der Waals surface area contributed by atoms with Gasteiger partial charge in [0.05, 0.1) is 13.1 Å². The van der Waals surface area contributed by atoms with Crippen molar-refractivity contribution < 1.29 is 19.2 Å². The number of carbonyl (C=O) groups is 4. The Hall–Kier alpha value is -2.16. The standard InChI is InChI=1S/C12H23N5O4/c1-8(2)11(12(21)15-5-9(13)19)17(16(3)4)10(20)6-14-7-18/h7-8,11H,5-6H2,1-4H3,(H2,13,19)(H,14,18)(H,15,21). The van der Waals surface area contributed by atoms with Gasteiger partial charge in [-0.2, -0.15) is 0 Å². The second-order valence-corrected chi connectivity index (χ2v) is 4.96. The van der Waals surface area contributed by atoms with Crippen LogP contribution in [0.1, 0.15) is 13.8 Å². The van der Waals surface area contributed by atoms with E-state index in [1.54, 1.807) is 27.9 Å². The molecule has 9 nitrogen and oxygen atoms in total. The number of nitrogens with one attached hydrogen (secondary N) is 2. The summed E-state index contributed by atoms with van der Waals surface area (Å²) in [4.78, 5) is 45.3. The molecule has 4 amide bonds. The number of nitrogens with two attached hydrogens (primary N) is 1. The summed E-state index contributed by atoms with van der Waals surface area (Å²) in [6.45, 7) is 3.01. The van der Waals surface area contributed by atoms with E-state index in [1.165, 1.54) is 10.0 Å². The monoisotopic (exact) mass is 301 g/mol. The number of rotatable bonds is 9. The molecule has 0 heterocycles. The lowest BCUT2D eigenvalue weighted by atomic mass is 10.0. The molecule has 0 aromatic heterocycles. The first-order chi connectivity index (χ1) is 9.72. The van der Waals surface area contributed by atoms with E-state index in [2.05, 4.69) is 10.6 Å². The molecule has 0 radical (unpaired) electrons. The van der Waals surface area contributed by atoms with Crippen LogP contribution in [0.15, 0.2) is 0 Å². The van der Waals surface area contributed by atoms with Gasteiger partial charge in [-0.15, -0.1) is 0 Å². The first-order valence-electron chi connectivity index (χ1n) is 6.44. The average molecular weight is 301 g/mol. The van der Waals surface area contributed by atoms with Crippen LogP contribution in [-0.4, -0.2) is 67.4 Å². The minimum atomic E-state index is -0.819. The van der Waals surface area contributed by atoms with E-state index >= 15 is 0 Å². The Morgan fingerprint density at radius 2 is 1.76 bits per heavy atom. The fourth-order valence-corrected chi connectivity index (χ4v) is 1.81. The third kappa shape index (κ3) is 6.21. The highest BCUT2D eigenvalue weighted by Crippen LogP contribution is 2.13. The molecule has 1 unspecified atom stereocenters. The van der Waals surface area contributed by atoms with Gasteiger partial charge in [0.1, 0.15) is 6.04 Å². The normalized spacial score (nSPS) is 11.9. The van der Waals surface area contributed by atoms with E-state index < -0.39 is 23.8 Å². The van der Waals surface area contributed by atoms with Gasteiger partial charge in [0.2, 0.25) is 18.2 Å². The number of hydrogen-bond acceptors (Lipinski definition) is 5. The van der Waals surface area contributed by atoms with Crippen LogP contribution in [0.2, 0.25) is 0 Å². The van der Waals surface area contributed by atoms with E-state index in [0.717, 1.165) is 0 Å². The third-order valence-corrected chi connectivity index (χ3v) is 2.62. The van der Waals surface area contributed by atoms with E-state index in [0.29, 0.717) is 6.41 Å². The molecule has 21 heavy (non-hydrogen) atoms. The molecule has 0 bridgehead atoms. The largest absolute Gasteiger partial charge is 0.368 e. The molecule has 0 rings (SSSR count). The fourth-order valence-electron chi connectivity index (χ4n) is 1.81. The first-order valence-corrected chi connectivity index (χ1v) is 6.44. The summed E-state index contributed by atoms with van der Waals surface area (Å²) >= 11 is 0. The Bertz CT molecular complexity index is 397. The van der Waals surface area contributed by atoms with Crippen molar-refractivity contribution in [2.75, 3.05) is 27.2 Å². The molecule has 4 N–H and O–H groups in total. The molecule has 0 aliphatic heterocycles. The Kier molecular flexibility index (Phi) is 7.99. The van der Waals surface area contributed by atoms with Crippen LogP contribution in [0.5, 0.6) is 0 Å². The highest BCUT2D eigenvalue weighted by Gasteiger charge is 2.33. The molecule has 0 aliphatic carbocycles. The smallest absolute Gasteiger partial charge is 0.256 e. The molecular weight excluding hydrogens is 278 g/mol. The van der Waals surface area contributed by atoms with Crippen LogP contribution in [0.3, 0.4) is 0 Å². The van der Waals surface area contributed by atoms with Gasteiger partial charge in [-0.05, 0) is 5.92 Å². The van der Waals surface area contributed by atoms with Gasteiger partial charge in [0.25, 0.3) is 5.91 Å². The second kappa shape index (κ2) is 8.90. The van der Waals surface area contributed by atoms with Gasteiger partial charge >= 0.3 is 0 Å². The van der Waals surface area contributed by atoms with Crippen LogP contribution < -0.4 is 16.4 Å². The summed E-state index contributed by atoms with van der Waals surface area (Å²) in [5.41, 5.74) is 4.98. The third-order valence-electron chi connectivity index (χ3n) is 2.62. The average Bonchev–Trinajstić information content (AvgIpc) is 2.38. The second-order valence-electron chi connectivity index (χ2n) is 4.96. The maximum Gasteiger partial charge on any atom is 0.256 e. The molecule has 0 saturated heterocycles. The van der Waals surface area contributed by atoms with E-state index in [-0.39, 0.29) is 19.0 Å². The van der Waals surface area contributed by atoms with Gasteiger partial charge in [-0.3, -0.25) is 24.2 Å². The molecule has 9 heteroatoms. The van der Waals surface area contributed by atoms with Crippen LogP contribution in [0.25, 0.3) is 0 Å². The Morgan fingerprint density at radius 3 is 2.14 bits per heavy atom. The minimum Gasteiger partial charge on any atom is -0.368 e. The number of hydrogen-bond donors (Lipinski definition) is 3. The Balaban J connectivity index is 5.15. The van der Waals surface area contributed by atoms with Crippen LogP contribution in [0.4, 0.5) is 0 Å². The number of amides is 4. The zero-order valence-corrected chi connectivity index (χ0v) is 12.8. The Morgan fingerprint density at radius 1 is 1.19 bits per heavy atom. The SMILES string of the molecule is CC(C)C(C(=O)NCC(N)=O)N(C(=O)CNC=O)N(C)C. The van der Waals surface area contributed by atoms with Crippen molar-refractivity contribution >= 4 is 24.1 Å². The van der Waals surface area contributed by atoms with Gasteiger partial charge in [-0.25, -0.2) is 5.01 Å². The van der Waals surface area contributed by atoms with Crippen LogP contribution in [0, 0.1) is 5.92 Å². The fraction of sp³-hybridized carbons (Fsp3) is 0.667. The zero-order valence-electron chi connectivity index (χ0n) is 12.8. The first kappa shape index (κ1) is 18.8. The van der Waals surface area contributed by atoms with Crippen LogP contribution >= 0.6 is 0 Å². The summed E-state index contributed by atoms with van der Waals surface area (Å²) in [7, 11) is 3.21. The van der Waals surface area contributed by atoms with Crippen molar-refractivity contribution in [2.45, 2.75) is 19.9 Å². The molecule has 0 fully saturated rings. The van der Waals surface area contributed by atoms with E-state index in [4.69, 9.17) is 5.73 Å². The number of hydrazine groups is 1. The summed E-state index contributed by atoms with van der Waals surface area (Å²) in [6.07, 6.45) is 0.406. The van der Waals surface area contributed by atoms with Crippen LogP contribution in [-0.2, 0) is 19.2 Å². The molecule has 0 aromatic carbocycles. The molecular formula is C12H23N5O4. The predicted octanol–water partition coefficient (Wildman–Crippen LogP) is -2.34. The van der Waals surface area contributed by atoms with E-state index in [1.807, 2.05) is 0 Å². The summed E-state index contributed by atoms with van der Waals surface area (Å²) in [5.74, 6) is -1.81. The summed E-state index contributed by atoms with van der Waals surface area (Å²) in [5, 5.41) is 7.34. The van der Waals surface area contributed by atoms with E-state index in [9.17, 15) is 19.2 Å². The van der Waals surface area contributed by atoms with Gasteiger partial charge < -0.3 is 16.4 Å². The van der Waals surface area contributed by atoms with Crippen molar-refractivity contribution in [1.82, 2.24) is 20.7 Å². The quantitative estimate of drug-likeness (QED) is 0.325. The molecule has 1 atom stereocenters. The number of nitrogens with zero attached hydrogens (tertiary/aromatic N) is 2.